The summed E-state index contributed by atoms with van der Waals surface area (Å²) < 4.78 is 0. The van der Waals surface area contributed by atoms with E-state index in [1.54, 1.807) is 6.07 Å². The Kier molecular flexibility index (Phi) is 1.32. The maximum Gasteiger partial charge on any atom is 0.296 e. The van der Waals surface area contributed by atoms with Crippen molar-refractivity contribution >= 4 is 0 Å². The lowest BCUT2D eigenvalue weighted by Gasteiger charge is -1.55. The maximum absolute atomic E-state index is 10.2. The van der Waals surface area contributed by atoms with Gasteiger partial charge in [-0.3, -0.25) is 4.79 Å². The zero-order valence-electron chi connectivity index (χ0n) is 4.03. The molecule has 0 aliphatic rings. The lowest BCUT2D eigenvalue weighted by Crippen LogP contribution is -1.99. The Bertz CT molecular complexity index is 201. The van der Waals surface area contributed by atoms with Gasteiger partial charge in [0.2, 0.25) is 0 Å². The summed E-state index contributed by atoms with van der Waals surface area (Å²) in [5.74, 6) is 0. The van der Waals surface area contributed by atoms with Crippen molar-refractivity contribution in [3.8, 4) is 0 Å². The zero-order valence-corrected chi connectivity index (χ0v) is 4.03. The molecule has 3 heteroatoms. The normalized spacial score (nSPS) is 8.50. The second kappa shape index (κ2) is 2.16. The molecule has 0 fully saturated rings. The van der Waals surface area contributed by atoms with E-state index in [1.165, 1.54) is 12.3 Å². The van der Waals surface area contributed by atoms with Crippen LogP contribution in [0.5, 0.6) is 0 Å². The van der Waals surface area contributed by atoms with Crippen LogP contribution < -0.4 is 5.56 Å². The first kappa shape index (κ1) is 4.90. The third-order valence-corrected chi connectivity index (χ3v) is 0.604. The van der Waals surface area contributed by atoms with Crippen molar-refractivity contribution in [2.24, 2.45) is 0 Å². The molecule has 1 aromatic rings. The standard InChI is InChI=1S/C5H3N2O/c8-5-3-1-2-4-6-7-5/h1-2,4H. The van der Waals surface area contributed by atoms with Crippen LogP contribution in [0.3, 0.4) is 0 Å². The van der Waals surface area contributed by atoms with Gasteiger partial charge >= 0.3 is 0 Å². The average molecular weight is 107 g/mol. The van der Waals surface area contributed by atoms with Crippen molar-refractivity contribution in [3.63, 3.8) is 0 Å². The van der Waals surface area contributed by atoms with Gasteiger partial charge in [0.25, 0.3) is 5.56 Å². The summed E-state index contributed by atoms with van der Waals surface area (Å²) in [4.78, 5) is 10.2. The van der Waals surface area contributed by atoms with Gasteiger partial charge in [-0.05, 0) is 12.1 Å². The van der Waals surface area contributed by atoms with Gasteiger partial charge < -0.3 is 0 Å². The van der Waals surface area contributed by atoms with Gasteiger partial charge in [-0.2, -0.15) is 5.10 Å². The molecule has 1 aromatic heterocycles. The van der Waals surface area contributed by atoms with E-state index in [0.29, 0.717) is 0 Å². The van der Waals surface area contributed by atoms with Crippen LogP contribution in [0.4, 0.5) is 0 Å². The summed E-state index contributed by atoms with van der Waals surface area (Å²) >= 11 is 0. The predicted molar refractivity (Wildman–Crippen MR) is 27.1 cm³/mol. The molecule has 0 aliphatic heterocycles. The highest BCUT2D eigenvalue weighted by Gasteiger charge is 1.73. The van der Waals surface area contributed by atoms with Crippen molar-refractivity contribution in [2.75, 3.05) is 0 Å². The average Bonchev–Trinajstić information content (AvgIpc) is 1.94. The van der Waals surface area contributed by atoms with E-state index in [1.807, 2.05) is 0 Å². The van der Waals surface area contributed by atoms with Crippen molar-refractivity contribution in [1.82, 2.24) is 10.2 Å². The molecule has 39 valence electrons. The molecule has 8 heavy (non-hydrogen) atoms. The van der Waals surface area contributed by atoms with E-state index in [2.05, 4.69) is 16.3 Å². The van der Waals surface area contributed by atoms with Crippen LogP contribution in [-0.4, -0.2) is 10.2 Å². The Morgan fingerprint density at radius 1 is 1.62 bits per heavy atom. The van der Waals surface area contributed by atoms with Crippen molar-refractivity contribution < 1.29 is 0 Å². The minimum absolute atomic E-state index is 0.435. The fourth-order valence-electron chi connectivity index (χ4n) is 0.316. The molecule has 1 radical (unpaired) electrons. The molecular weight excluding hydrogens is 104 g/mol. The van der Waals surface area contributed by atoms with Crippen LogP contribution in [-0.2, 0) is 0 Å². The highest BCUT2D eigenvalue weighted by molar-refractivity contribution is 4.83. The van der Waals surface area contributed by atoms with Gasteiger partial charge in [0.1, 0.15) is 0 Å². The van der Waals surface area contributed by atoms with E-state index in [9.17, 15) is 4.79 Å². The molecule has 0 aliphatic carbocycles. The second-order valence-electron chi connectivity index (χ2n) is 1.17. The molecule has 0 saturated heterocycles. The third-order valence-electron chi connectivity index (χ3n) is 0.604. The lowest BCUT2D eigenvalue weighted by molar-refractivity contribution is 1.01. The molecule has 0 unspecified atom stereocenters. The van der Waals surface area contributed by atoms with Gasteiger partial charge in [0, 0.05) is 6.20 Å². The summed E-state index contributed by atoms with van der Waals surface area (Å²) in [6.07, 6.45) is 1.43. The van der Waals surface area contributed by atoms with E-state index in [-0.39, 0.29) is 0 Å². The smallest absolute Gasteiger partial charge is 0.265 e. The van der Waals surface area contributed by atoms with Gasteiger partial charge in [0.05, 0.1) is 6.07 Å². The molecule has 0 saturated carbocycles. The quantitative estimate of drug-likeness (QED) is 0.454. The second-order valence-corrected chi connectivity index (χ2v) is 1.17. The van der Waals surface area contributed by atoms with Crippen LogP contribution in [0.1, 0.15) is 0 Å². The zero-order chi connectivity index (χ0) is 5.82. The Morgan fingerprint density at radius 3 is 3.38 bits per heavy atom. The van der Waals surface area contributed by atoms with E-state index >= 15 is 0 Å². The van der Waals surface area contributed by atoms with Gasteiger partial charge in [0.15, 0.2) is 0 Å². The Hall–Kier alpha value is -1.25. The first-order chi connectivity index (χ1) is 3.89. The molecule has 0 spiro atoms. The van der Waals surface area contributed by atoms with E-state index < -0.39 is 5.56 Å². The van der Waals surface area contributed by atoms with Crippen molar-refractivity contribution in [1.29, 1.82) is 0 Å². The van der Waals surface area contributed by atoms with Crippen LogP contribution in [0.2, 0.25) is 0 Å². The Labute approximate surface area is 46.0 Å². The van der Waals surface area contributed by atoms with Crippen molar-refractivity contribution in [2.45, 2.75) is 0 Å². The Morgan fingerprint density at radius 2 is 2.50 bits per heavy atom. The molecule has 3 nitrogen and oxygen atoms in total. The molecule has 0 bridgehead atoms. The number of rotatable bonds is 0. The van der Waals surface area contributed by atoms with Crippen molar-refractivity contribution in [3.05, 3.63) is 34.7 Å². The number of nitrogens with zero attached hydrogens (tertiary/aromatic N) is 2. The summed E-state index contributed by atoms with van der Waals surface area (Å²) in [6.45, 7) is 0. The summed E-state index contributed by atoms with van der Waals surface area (Å²) in [5, 5.41) is 6.53. The molecule has 1 rings (SSSR count). The van der Waals surface area contributed by atoms with Gasteiger partial charge in [-0.25, -0.2) is 0 Å². The lowest BCUT2D eigenvalue weighted by atomic mass is 10.6. The highest BCUT2D eigenvalue weighted by atomic mass is 16.1. The number of aromatic nitrogens is 2. The first-order valence-electron chi connectivity index (χ1n) is 2.09. The van der Waals surface area contributed by atoms with Crippen LogP contribution in [0.15, 0.2) is 23.1 Å². The fourth-order valence-corrected chi connectivity index (χ4v) is 0.316. The minimum atomic E-state index is -0.435. The third kappa shape index (κ3) is 1.11. The van der Waals surface area contributed by atoms with Crippen LogP contribution in [0, 0.1) is 6.07 Å². The number of hydrogen-bond donors (Lipinski definition) is 0. The Balaban J connectivity index is 3.32. The molecule has 0 aromatic carbocycles. The van der Waals surface area contributed by atoms with E-state index in [0.717, 1.165) is 0 Å². The largest absolute Gasteiger partial charge is 0.296 e. The summed E-state index contributed by atoms with van der Waals surface area (Å²) in [7, 11) is 0. The molecular formula is C5H3N2O. The monoisotopic (exact) mass is 107 g/mol. The van der Waals surface area contributed by atoms with Crippen LogP contribution >= 0.6 is 0 Å². The molecule has 1 heterocycles. The predicted octanol–water partition coefficient (Wildman–Crippen LogP) is -0.363. The van der Waals surface area contributed by atoms with Gasteiger partial charge in [-0.1, -0.05) is 0 Å². The van der Waals surface area contributed by atoms with Crippen LogP contribution in [0.25, 0.3) is 0 Å². The molecule has 0 atom stereocenters. The topological polar surface area (TPSA) is 42.9 Å². The van der Waals surface area contributed by atoms with Gasteiger partial charge in [-0.15, -0.1) is 5.10 Å². The minimum Gasteiger partial charge on any atom is -0.265 e. The summed E-state index contributed by atoms with van der Waals surface area (Å²) in [6, 6.07) is 5.40. The maximum atomic E-state index is 10.2. The number of hydrogen-bond acceptors (Lipinski definition) is 3. The van der Waals surface area contributed by atoms with E-state index in [4.69, 9.17) is 0 Å². The molecule has 0 N–H and O–H groups in total. The first-order valence-corrected chi connectivity index (χ1v) is 2.09. The SMILES string of the molecule is O=c1[c]cccnn1. The fraction of sp³-hybridized carbons (Fsp3) is 0. The highest BCUT2D eigenvalue weighted by Crippen LogP contribution is 1.64. The molecule has 0 amide bonds. The summed E-state index contributed by atoms with van der Waals surface area (Å²) in [5.41, 5.74) is -0.435.